The van der Waals surface area contributed by atoms with Crippen molar-refractivity contribution < 1.29 is 0 Å². The Kier molecular flexibility index (Phi) is 3.37. The van der Waals surface area contributed by atoms with E-state index in [-0.39, 0.29) is 6.62 Å². The molecule has 0 fully saturated rings. The predicted octanol–water partition coefficient (Wildman–Crippen LogP) is 2.94. The summed E-state index contributed by atoms with van der Waals surface area (Å²) in [6, 6.07) is 10.4. The van der Waals surface area contributed by atoms with Crippen LogP contribution in [0.25, 0.3) is 0 Å². The fourth-order valence-corrected chi connectivity index (χ4v) is 2.18. The standard InChI is InChI=1S/C8H9BrP/c1-2-10(9)8-6-4-3-5-7-8/h3-7H,1-2H2. The maximum Gasteiger partial charge on any atom is -0.00452 e. The molecule has 0 aliphatic heterocycles. The lowest BCUT2D eigenvalue weighted by atomic mass is 10.4. The maximum atomic E-state index is 3.84. The van der Waals surface area contributed by atoms with Crippen molar-refractivity contribution in [3.63, 3.8) is 0 Å². The molecular weight excluding hydrogens is 207 g/mol. The number of benzene rings is 1. The highest BCUT2D eigenvalue weighted by atomic mass is 79.9. The van der Waals surface area contributed by atoms with Crippen LogP contribution in [0.15, 0.2) is 30.3 Å². The number of hydrogen-bond donors (Lipinski definition) is 0. The molecule has 2 heteroatoms. The van der Waals surface area contributed by atoms with E-state index in [9.17, 15) is 0 Å². The molecule has 0 nitrogen and oxygen atoms in total. The van der Waals surface area contributed by atoms with E-state index in [4.69, 9.17) is 0 Å². The van der Waals surface area contributed by atoms with Crippen molar-refractivity contribution in [1.82, 2.24) is 0 Å². The predicted molar refractivity (Wildman–Crippen MR) is 52.1 cm³/mol. The Labute approximate surface area is 71.1 Å². The molecule has 0 amide bonds. The second-order valence-corrected chi connectivity index (χ2v) is 6.18. The smallest absolute Gasteiger partial charge is 0.00452 e. The van der Waals surface area contributed by atoms with Crippen molar-refractivity contribution in [2.45, 2.75) is 0 Å². The third kappa shape index (κ3) is 2.07. The van der Waals surface area contributed by atoms with Crippen LogP contribution in [0.4, 0.5) is 0 Å². The van der Waals surface area contributed by atoms with Gasteiger partial charge in [0, 0.05) is 0 Å². The molecule has 10 heavy (non-hydrogen) atoms. The van der Waals surface area contributed by atoms with Crippen molar-refractivity contribution in [2.24, 2.45) is 0 Å². The molecule has 1 radical (unpaired) electrons. The highest BCUT2D eigenvalue weighted by Crippen LogP contribution is 2.41. The van der Waals surface area contributed by atoms with Gasteiger partial charge in [-0.25, -0.2) is 0 Å². The minimum absolute atomic E-state index is 0.172. The fourth-order valence-electron chi connectivity index (χ4n) is 0.719. The van der Waals surface area contributed by atoms with Gasteiger partial charge in [-0.2, -0.15) is 0 Å². The summed E-state index contributed by atoms with van der Waals surface area (Å²) in [7, 11) is 0. The van der Waals surface area contributed by atoms with E-state index in [0.717, 1.165) is 6.16 Å². The maximum absolute atomic E-state index is 3.84. The Morgan fingerprint density at radius 1 is 1.30 bits per heavy atom. The third-order valence-electron chi connectivity index (χ3n) is 1.23. The van der Waals surface area contributed by atoms with Crippen LogP contribution in [-0.2, 0) is 0 Å². The monoisotopic (exact) mass is 215 g/mol. The van der Waals surface area contributed by atoms with Crippen LogP contribution in [0.5, 0.6) is 0 Å². The SMILES string of the molecule is [CH2]CP(Br)c1ccccc1. The zero-order valence-electron chi connectivity index (χ0n) is 5.63. The van der Waals surface area contributed by atoms with Crippen LogP contribution < -0.4 is 5.30 Å². The van der Waals surface area contributed by atoms with Crippen LogP contribution in [0.1, 0.15) is 0 Å². The van der Waals surface area contributed by atoms with Crippen LogP contribution in [0.3, 0.4) is 0 Å². The molecule has 0 aromatic heterocycles. The molecule has 0 saturated carbocycles. The molecule has 1 rings (SSSR count). The van der Waals surface area contributed by atoms with Crippen LogP contribution in [0.2, 0.25) is 0 Å². The van der Waals surface area contributed by atoms with Crippen molar-refractivity contribution in [3.05, 3.63) is 37.3 Å². The van der Waals surface area contributed by atoms with Crippen molar-refractivity contribution in [2.75, 3.05) is 6.16 Å². The number of rotatable bonds is 2. The molecule has 0 aliphatic rings. The van der Waals surface area contributed by atoms with Crippen molar-refractivity contribution >= 4 is 27.4 Å². The van der Waals surface area contributed by atoms with Gasteiger partial charge in [-0.3, -0.25) is 0 Å². The quantitative estimate of drug-likeness (QED) is 0.666. The van der Waals surface area contributed by atoms with Crippen LogP contribution in [-0.4, -0.2) is 6.16 Å². The van der Waals surface area contributed by atoms with Gasteiger partial charge >= 0.3 is 0 Å². The molecular formula is C8H9BrP. The Morgan fingerprint density at radius 2 is 1.90 bits per heavy atom. The number of halogens is 1. The first-order valence-corrected chi connectivity index (χ1v) is 6.67. The molecule has 1 aromatic carbocycles. The molecule has 0 aliphatic carbocycles. The van der Waals surface area contributed by atoms with E-state index >= 15 is 0 Å². The van der Waals surface area contributed by atoms with E-state index in [0.29, 0.717) is 0 Å². The Balaban J connectivity index is 2.75. The molecule has 0 saturated heterocycles. The molecule has 0 heterocycles. The Hall–Kier alpha value is 0.130. The summed E-state index contributed by atoms with van der Waals surface area (Å²) in [6.07, 6.45) is 0.958. The van der Waals surface area contributed by atoms with E-state index in [1.54, 1.807) is 0 Å². The summed E-state index contributed by atoms with van der Waals surface area (Å²) in [6.45, 7) is 3.67. The second kappa shape index (κ2) is 4.10. The Morgan fingerprint density at radius 3 is 2.40 bits per heavy atom. The normalized spacial score (nSPS) is 13.0. The van der Waals surface area contributed by atoms with E-state index in [2.05, 4.69) is 46.7 Å². The van der Waals surface area contributed by atoms with Crippen molar-refractivity contribution in [3.8, 4) is 0 Å². The van der Waals surface area contributed by atoms with Crippen LogP contribution in [0, 0.1) is 6.92 Å². The first kappa shape index (κ1) is 8.23. The van der Waals surface area contributed by atoms with Gasteiger partial charge in [0.25, 0.3) is 0 Å². The lowest BCUT2D eigenvalue weighted by Crippen LogP contribution is -1.95. The lowest BCUT2D eigenvalue weighted by molar-refractivity contribution is 1.75. The van der Waals surface area contributed by atoms with Gasteiger partial charge in [-0.05, 0) is 25.0 Å². The molecule has 1 unspecified atom stereocenters. The van der Waals surface area contributed by atoms with Gasteiger partial charge in [0.05, 0.1) is 0 Å². The molecule has 0 N–H and O–H groups in total. The third-order valence-corrected chi connectivity index (χ3v) is 4.78. The van der Waals surface area contributed by atoms with Gasteiger partial charge in [-0.15, -0.1) is 0 Å². The largest absolute Gasteiger partial charge is 0.0622 e. The zero-order chi connectivity index (χ0) is 7.40. The van der Waals surface area contributed by atoms with Gasteiger partial charge in [0.2, 0.25) is 0 Å². The summed E-state index contributed by atoms with van der Waals surface area (Å²) in [5, 5.41) is 1.37. The average Bonchev–Trinajstić information content (AvgIpc) is 2.05. The summed E-state index contributed by atoms with van der Waals surface area (Å²) in [4.78, 5) is 0. The van der Waals surface area contributed by atoms with Gasteiger partial charge in [-0.1, -0.05) is 45.8 Å². The average molecular weight is 216 g/mol. The van der Waals surface area contributed by atoms with Crippen molar-refractivity contribution in [1.29, 1.82) is 0 Å². The minimum Gasteiger partial charge on any atom is -0.0622 e. The molecule has 1 aromatic rings. The molecule has 0 bridgehead atoms. The topological polar surface area (TPSA) is 0 Å². The first-order valence-electron chi connectivity index (χ1n) is 3.12. The summed E-state index contributed by atoms with van der Waals surface area (Å²) < 4.78 is 0. The highest BCUT2D eigenvalue weighted by Gasteiger charge is 2.00. The molecule has 0 spiro atoms. The van der Waals surface area contributed by atoms with E-state index in [1.165, 1.54) is 5.30 Å². The minimum atomic E-state index is -0.172. The molecule has 1 atom stereocenters. The van der Waals surface area contributed by atoms with E-state index < -0.39 is 0 Å². The second-order valence-electron chi connectivity index (χ2n) is 1.92. The van der Waals surface area contributed by atoms with Gasteiger partial charge in [0.1, 0.15) is 0 Å². The summed E-state index contributed by atoms with van der Waals surface area (Å²) >= 11 is 3.59. The lowest BCUT2D eigenvalue weighted by Gasteiger charge is -2.04. The Bertz CT molecular complexity index is 186. The summed E-state index contributed by atoms with van der Waals surface area (Å²) in [5.41, 5.74) is 0. The van der Waals surface area contributed by atoms with E-state index in [1.807, 2.05) is 6.07 Å². The fraction of sp³-hybridized carbons (Fsp3) is 0.125. The number of hydrogen-bond acceptors (Lipinski definition) is 0. The molecule has 53 valence electrons. The van der Waals surface area contributed by atoms with Crippen LogP contribution >= 0.6 is 22.1 Å². The highest BCUT2D eigenvalue weighted by molar-refractivity contribution is 9.40. The first-order chi connectivity index (χ1) is 4.84. The zero-order valence-corrected chi connectivity index (χ0v) is 8.11. The van der Waals surface area contributed by atoms with Gasteiger partial charge < -0.3 is 0 Å². The summed E-state index contributed by atoms with van der Waals surface area (Å²) in [5.74, 6) is 0. The van der Waals surface area contributed by atoms with Gasteiger partial charge in [0.15, 0.2) is 0 Å².